The van der Waals surface area contributed by atoms with Crippen LogP contribution in [0.5, 0.6) is 0 Å². The molecule has 0 aliphatic carbocycles. The van der Waals surface area contributed by atoms with Crippen molar-refractivity contribution in [1.29, 1.82) is 0 Å². The van der Waals surface area contributed by atoms with Gasteiger partial charge in [0.2, 0.25) is 0 Å². The highest BCUT2D eigenvalue weighted by atomic mass is 15.3. The molecule has 0 saturated carbocycles. The lowest BCUT2D eigenvalue weighted by Crippen LogP contribution is -2.57. The first-order valence-corrected chi connectivity index (χ1v) is 7.03. The van der Waals surface area contributed by atoms with Crippen molar-refractivity contribution in [2.75, 3.05) is 38.6 Å². The van der Waals surface area contributed by atoms with E-state index in [1.807, 2.05) is 13.2 Å². The topological polar surface area (TPSA) is 31.4 Å². The Morgan fingerprint density at radius 2 is 2.05 bits per heavy atom. The zero-order chi connectivity index (χ0) is 14.0. The number of hydrogen-bond acceptors (Lipinski definition) is 4. The van der Waals surface area contributed by atoms with Crippen molar-refractivity contribution in [3.63, 3.8) is 0 Å². The number of nitrogens with one attached hydrogen (secondary N) is 1. The first-order valence-electron chi connectivity index (χ1n) is 7.03. The van der Waals surface area contributed by atoms with Crippen molar-refractivity contribution in [3.8, 4) is 0 Å². The molecule has 0 aromatic carbocycles. The van der Waals surface area contributed by atoms with E-state index < -0.39 is 0 Å². The molecule has 106 valence electrons. The molecule has 1 unspecified atom stereocenters. The lowest BCUT2D eigenvalue weighted by molar-refractivity contribution is 0.138. The van der Waals surface area contributed by atoms with Gasteiger partial charge >= 0.3 is 0 Å². The Hall–Kier alpha value is -1.13. The molecule has 4 heteroatoms. The van der Waals surface area contributed by atoms with E-state index in [4.69, 9.17) is 0 Å². The Bertz CT molecular complexity index is 413. The predicted octanol–water partition coefficient (Wildman–Crippen LogP) is 1.89. The van der Waals surface area contributed by atoms with Gasteiger partial charge in [0.1, 0.15) is 5.82 Å². The summed E-state index contributed by atoms with van der Waals surface area (Å²) >= 11 is 0. The number of aromatic nitrogens is 1. The molecule has 1 aliphatic heterocycles. The third-order valence-electron chi connectivity index (χ3n) is 4.34. The monoisotopic (exact) mass is 262 g/mol. The Morgan fingerprint density at radius 3 is 2.58 bits per heavy atom. The van der Waals surface area contributed by atoms with Crippen LogP contribution in [0.2, 0.25) is 0 Å². The van der Waals surface area contributed by atoms with Gasteiger partial charge in [0.25, 0.3) is 0 Å². The summed E-state index contributed by atoms with van der Waals surface area (Å²) in [7, 11) is 4.17. The molecule has 0 spiro atoms. The molecule has 2 rings (SSSR count). The minimum absolute atomic E-state index is 0.205. The standard InChI is InChI=1S/C15H26N4/c1-12(16-4)13-6-7-14(17-10-13)19-9-8-18(5)15(2,3)11-19/h6-7,10,12,16H,8-9,11H2,1-5H3. The van der Waals surface area contributed by atoms with Crippen LogP contribution in [0.3, 0.4) is 0 Å². The van der Waals surface area contributed by atoms with E-state index in [-0.39, 0.29) is 5.54 Å². The van der Waals surface area contributed by atoms with Crippen LogP contribution in [0.15, 0.2) is 18.3 Å². The molecule has 1 N–H and O–H groups in total. The molecule has 1 saturated heterocycles. The second-order valence-corrected chi connectivity index (χ2v) is 6.12. The minimum atomic E-state index is 0.205. The van der Waals surface area contributed by atoms with Gasteiger partial charge < -0.3 is 10.2 Å². The smallest absolute Gasteiger partial charge is 0.128 e. The maximum Gasteiger partial charge on any atom is 0.128 e. The molecule has 4 nitrogen and oxygen atoms in total. The van der Waals surface area contributed by atoms with E-state index in [1.54, 1.807) is 0 Å². The zero-order valence-electron chi connectivity index (χ0n) is 12.8. The number of anilines is 1. The van der Waals surface area contributed by atoms with Crippen molar-refractivity contribution >= 4 is 5.82 Å². The van der Waals surface area contributed by atoms with Gasteiger partial charge in [-0.05, 0) is 46.5 Å². The summed E-state index contributed by atoms with van der Waals surface area (Å²) < 4.78 is 0. The van der Waals surface area contributed by atoms with E-state index in [0.717, 1.165) is 25.5 Å². The molecule has 0 bridgehead atoms. The molecule has 2 heterocycles. The minimum Gasteiger partial charge on any atom is -0.354 e. The number of rotatable bonds is 3. The first kappa shape index (κ1) is 14.3. The Labute approximate surface area is 116 Å². The highest BCUT2D eigenvalue weighted by molar-refractivity contribution is 5.41. The normalized spacial score (nSPS) is 21.4. The van der Waals surface area contributed by atoms with E-state index in [2.05, 4.69) is 60.1 Å². The summed E-state index contributed by atoms with van der Waals surface area (Å²) in [5.74, 6) is 1.09. The summed E-state index contributed by atoms with van der Waals surface area (Å²) in [5.41, 5.74) is 1.44. The average Bonchev–Trinajstić information content (AvgIpc) is 2.41. The number of nitrogens with zero attached hydrogens (tertiary/aromatic N) is 3. The molecule has 1 atom stereocenters. The number of likely N-dealkylation sites (N-methyl/N-ethyl adjacent to an activating group) is 1. The fourth-order valence-corrected chi connectivity index (χ4v) is 2.44. The van der Waals surface area contributed by atoms with Crippen molar-refractivity contribution in [3.05, 3.63) is 23.9 Å². The van der Waals surface area contributed by atoms with Gasteiger partial charge in [0.05, 0.1) is 0 Å². The quantitative estimate of drug-likeness (QED) is 0.901. The van der Waals surface area contributed by atoms with Gasteiger partial charge in [-0.1, -0.05) is 6.07 Å². The summed E-state index contributed by atoms with van der Waals surface area (Å²) in [4.78, 5) is 9.43. The number of piperazine rings is 1. The molecule has 1 aromatic rings. The highest BCUT2D eigenvalue weighted by Gasteiger charge is 2.31. The highest BCUT2D eigenvalue weighted by Crippen LogP contribution is 2.23. The zero-order valence-corrected chi connectivity index (χ0v) is 12.8. The van der Waals surface area contributed by atoms with Gasteiger partial charge in [-0.25, -0.2) is 4.98 Å². The Kier molecular flexibility index (Phi) is 4.11. The molecule has 1 aliphatic rings. The van der Waals surface area contributed by atoms with Crippen LogP contribution in [-0.4, -0.2) is 49.2 Å². The summed E-state index contributed by atoms with van der Waals surface area (Å²) in [5, 5.41) is 3.24. The van der Waals surface area contributed by atoms with Crippen LogP contribution >= 0.6 is 0 Å². The molecule has 1 aromatic heterocycles. The maximum atomic E-state index is 4.63. The SMILES string of the molecule is CNC(C)c1ccc(N2CCN(C)C(C)(C)C2)nc1. The Morgan fingerprint density at radius 1 is 1.32 bits per heavy atom. The third kappa shape index (κ3) is 3.07. The lowest BCUT2D eigenvalue weighted by atomic mass is 10.00. The molecule has 19 heavy (non-hydrogen) atoms. The largest absolute Gasteiger partial charge is 0.354 e. The second-order valence-electron chi connectivity index (χ2n) is 6.12. The van der Waals surface area contributed by atoms with E-state index >= 15 is 0 Å². The summed E-state index contributed by atoms with van der Waals surface area (Å²) in [6.07, 6.45) is 1.99. The van der Waals surface area contributed by atoms with Gasteiger partial charge in [-0.2, -0.15) is 0 Å². The van der Waals surface area contributed by atoms with Crippen LogP contribution in [-0.2, 0) is 0 Å². The third-order valence-corrected chi connectivity index (χ3v) is 4.34. The maximum absolute atomic E-state index is 4.63. The summed E-state index contributed by atoms with van der Waals surface area (Å²) in [6.45, 7) is 9.89. The van der Waals surface area contributed by atoms with Crippen molar-refractivity contribution in [1.82, 2.24) is 15.2 Å². The molecule has 0 amide bonds. The van der Waals surface area contributed by atoms with E-state index in [9.17, 15) is 0 Å². The summed E-state index contributed by atoms with van der Waals surface area (Å²) in [6, 6.07) is 4.67. The molecular weight excluding hydrogens is 236 g/mol. The number of pyridine rings is 1. The van der Waals surface area contributed by atoms with Gasteiger partial charge in [0, 0.05) is 37.4 Å². The van der Waals surface area contributed by atoms with Crippen LogP contribution in [0.1, 0.15) is 32.4 Å². The first-order chi connectivity index (χ1) is 8.94. The fourth-order valence-electron chi connectivity index (χ4n) is 2.44. The molecule has 1 fully saturated rings. The molecule has 0 radical (unpaired) electrons. The van der Waals surface area contributed by atoms with E-state index in [1.165, 1.54) is 5.56 Å². The lowest BCUT2D eigenvalue weighted by Gasteiger charge is -2.45. The van der Waals surface area contributed by atoms with Gasteiger partial charge in [-0.15, -0.1) is 0 Å². The van der Waals surface area contributed by atoms with Crippen molar-refractivity contribution in [2.24, 2.45) is 0 Å². The van der Waals surface area contributed by atoms with Crippen LogP contribution < -0.4 is 10.2 Å². The van der Waals surface area contributed by atoms with Crippen molar-refractivity contribution < 1.29 is 0 Å². The van der Waals surface area contributed by atoms with Crippen LogP contribution in [0, 0.1) is 0 Å². The fraction of sp³-hybridized carbons (Fsp3) is 0.667. The Balaban J connectivity index is 2.10. The predicted molar refractivity (Wildman–Crippen MR) is 80.6 cm³/mol. The average molecular weight is 262 g/mol. The van der Waals surface area contributed by atoms with Crippen LogP contribution in [0.25, 0.3) is 0 Å². The van der Waals surface area contributed by atoms with Crippen molar-refractivity contribution in [2.45, 2.75) is 32.4 Å². The molecular formula is C15H26N4. The van der Waals surface area contributed by atoms with Crippen LogP contribution in [0.4, 0.5) is 5.82 Å². The van der Waals surface area contributed by atoms with Gasteiger partial charge in [-0.3, -0.25) is 4.90 Å². The number of hydrogen-bond donors (Lipinski definition) is 1. The van der Waals surface area contributed by atoms with E-state index in [0.29, 0.717) is 6.04 Å². The second kappa shape index (κ2) is 5.47. The van der Waals surface area contributed by atoms with Gasteiger partial charge in [0.15, 0.2) is 0 Å².